The number of hydrogen-bond donors (Lipinski definition) is 1. The molecule has 0 aliphatic heterocycles. The number of nitrogens with zero attached hydrogens (tertiary/aromatic N) is 4. The number of halogens is 1. The highest BCUT2D eigenvalue weighted by Gasteiger charge is 2.25. The van der Waals surface area contributed by atoms with Crippen LogP contribution in [0.1, 0.15) is 10.5 Å². The Morgan fingerprint density at radius 3 is 2.45 bits per heavy atom. The minimum absolute atomic E-state index is 0.0723. The molecule has 12 heteroatoms. The van der Waals surface area contributed by atoms with Gasteiger partial charge in [0, 0.05) is 35.5 Å². The van der Waals surface area contributed by atoms with E-state index >= 15 is 0 Å². The zero-order chi connectivity index (χ0) is 27.1. The first kappa shape index (κ1) is 24.8. The summed E-state index contributed by atoms with van der Waals surface area (Å²) < 4.78 is 13.3. The van der Waals surface area contributed by atoms with E-state index in [4.69, 9.17) is 21.1 Å². The number of rotatable bonds is 6. The lowest BCUT2D eigenvalue weighted by molar-refractivity contribution is -0.384. The van der Waals surface area contributed by atoms with E-state index in [-0.39, 0.29) is 33.4 Å². The van der Waals surface area contributed by atoms with Gasteiger partial charge < -0.3 is 19.4 Å². The maximum absolute atomic E-state index is 13.7. The normalized spacial score (nSPS) is 11.1. The van der Waals surface area contributed by atoms with Crippen LogP contribution in [0.4, 0.5) is 11.4 Å². The lowest BCUT2D eigenvalue weighted by Gasteiger charge is -2.13. The fourth-order valence-corrected chi connectivity index (χ4v) is 4.64. The SMILES string of the molecule is COc1ccc(-n2nc(C(=O)Nc3cc([N+](=O)[O-])ccc3OC)c3c4ccccc4n(C)c3c2=O)cc1Cl. The molecule has 0 atom stereocenters. The molecular weight excluding hydrogens is 514 g/mol. The third-order valence-electron chi connectivity index (χ3n) is 6.18. The average molecular weight is 534 g/mol. The molecule has 0 aliphatic rings. The maximum Gasteiger partial charge on any atom is 0.296 e. The molecule has 0 fully saturated rings. The van der Waals surface area contributed by atoms with Crippen molar-refractivity contribution in [3.63, 3.8) is 0 Å². The van der Waals surface area contributed by atoms with E-state index in [0.717, 1.165) is 4.68 Å². The van der Waals surface area contributed by atoms with Crippen molar-refractivity contribution in [1.82, 2.24) is 14.3 Å². The number of fused-ring (bicyclic) bond motifs is 3. The topological polar surface area (TPSA) is 131 Å². The van der Waals surface area contributed by atoms with Crippen LogP contribution in [0.25, 0.3) is 27.5 Å². The van der Waals surface area contributed by atoms with E-state index in [1.165, 1.54) is 38.5 Å². The number of amides is 1. The van der Waals surface area contributed by atoms with Crippen molar-refractivity contribution in [2.75, 3.05) is 19.5 Å². The number of methoxy groups -OCH3 is 2. The van der Waals surface area contributed by atoms with Gasteiger partial charge in [0.1, 0.15) is 17.0 Å². The molecule has 0 bridgehead atoms. The van der Waals surface area contributed by atoms with Crippen molar-refractivity contribution in [3.8, 4) is 17.2 Å². The fourth-order valence-electron chi connectivity index (χ4n) is 4.39. The van der Waals surface area contributed by atoms with Crippen LogP contribution >= 0.6 is 11.6 Å². The standard InChI is InChI=1S/C26H20ClN5O6/c1-30-19-7-5-4-6-16(19)22-23(25(33)28-18-13-15(32(35)36)9-11-21(18)38-3)29-31(26(34)24(22)30)14-8-10-20(37-2)17(27)12-14/h4-13H,1-3H3,(H,28,33). The Hall–Kier alpha value is -4.90. The number of benzene rings is 3. The van der Waals surface area contributed by atoms with Crippen molar-refractivity contribution >= 4 is 50.7 Å². The number of nitrogens with one attached hydrogen (secondary N) is 1. The van der Waals surface area contributed by atoms with Crippen molar-refractivity contribution in [2.45, 2.75) is 0 Å². The van der Waals surface area contributed by atoms with E-state index in [0.29, 0.717) is 27.7 Å². The van der Waals surface area contributed by atoms with Crippen LogP contribution < -0.4 is 20.3 Å². The Morgan fingerprint density at radius 2 is 1.76 bits per heavy atom. The summed E-state index contributed by atoms with van der Waals surface area (Å²) in [4.78, 5) is 38.2. The summed E-state index contributed by atoms with van der Waals surface area (Å²) in [6, 6.07) is 15.8. The molecule has 0 saturated carbocycles. The number of non-ortho nitro benzene ring substituents is 1. The van der Waals surface area contributed by atoms with Crippen molar-refractivity contribution in [2.24, 2.45) is 7.05 Å². The molecular formula is C26H20ClN5O6. The predicted octanol–water partition coefficient (Wildman–Crippen LogP) is 4.71. The number of aryl methyl sites for hydroxylation is 1. The van der Waals surface area contributed by atoms with Crippen LogP contribution in [0.5, 0.6) is 11.5 Å². The third-order valence-corrected chi connectivity index (χ3v) is 6.47. The van der Waals surface area contributed by atoms with Crippen LogP contribution in [0.2, 0.25) is 5.02 Å². The molecule has 2 heterocycles. The largest absolute Gasteiger partial charge is 0.495 e. The van der Waals surface area contributed by atoms with Crippen molar-refractivity contribution < 1.29 is 19.2 Å². The van der Waals surface area contributed by atoms with Gasteiger partial charge in [-0.25, -0.2) is 0 Å². The lowest BCUT2D eigenvalue weighted by atomic mass is 10.1. The van der Waals surface area contributed by atoms with Gasteiger partial charge in [0.15, 0.2) is 5.69 Å². The minimum atomic E-state index is -0.696. The first-order chi connectivity index (χ1) is 18.2. The molecule has 1 amide bonds. The van der Waals surface area contributed by atoms with Gasteiger partial charge in [-0.3, -0.25) is 19.7 Å². The smallest absolute Gasteiger partial charge is 0.296 e. The van der Waals surface area contributed by atoms with Crippen LogP contribution in [0.15, 0.2) is 65.5 Å². The van der Waals surface area contributed by atoms with Crippen LogP contribution in [-0.2, 0) is 7.05 Å². The summed E-state index contributed by atoms with van der Waals surface area (Å²) in [5, 5.41) is 19.7. The quantitative estimate of drug-likeness (QED) is 0.247. The Morgan fingerprint density at radius 1 is 1.05 bits per heavy atom. The first-order valence-corrected chi connectivity index (χ1v) is 11.6. The lowest BCUT2D eigenvalue weighted by Crippen LogP contribution is -2.27. The van der Waals surface area contributed by atoms with Gasteiger partial charge in [0.25, 0.3) is 17.2 Å². The van der Waals surface area contributed by atoms with Crippen molar-refractivity contribution in [3.05, 3.63) is 91.8 Å². The Bertz CT molecular complexity index is 1830. The summed E-state index contributed by atoms with van der Waals surface area (Å²) in [7, 11) is 4.58. The molecule has 38 heavy (non-hydrogen) atoms. The van der Waals surface area contributed by atoms with Gasteiger partial charge in [-0.15, -0.1) is 0 Å². The van der Waals surface area contributed by atoms with E-state index in [1.807, 2.05) is 12.1 Å². The Labute approximate surface area is 219 Å². The first-order valence-electron chi connectivity index (χ1n) is 11.2. The number of anilines is 1. The number of nitro groups is 1. The number of nitro benzene ring substituents is 1. The monoisotopic (exact) mass is 533 g/mol. The minimum Gasteiger partial charge on any atom is -0.495 e. The predicted molar refractivity (Wildman–Crippen MR) is 143 cm³/mol. The number of aromatic nitrogens is 3. The summed E-state index contributed by atoms with van der Waals surface area (Å²) in [5.74, 6) is -0.0724. The highest BCUT2D eigenvalue weighted by atomic mass is 35.5. The van der Waals surface area contributed by atoms with Gasteiger partial charge >= 0.3 is 0 Å². The zero-order valence-corrected chi connectivity index (χ0v) is 21.1. The molecule has 1 N–H and O–H groups in total. The molecule has 0 unspecified atom stereocenters. The average Bonchev–Trinajstić information content (AvgIpc) is 3.21. The molecule has 5 aromatic rings. The van der Waals surface area contributed by atoms with E-state index < -0.39 is 16.4 Å². The van der Waals surface area contributed by atoms with Gasteiger partial charge in [0.2, 0.25) is 0 Å². The number of ether oxygens (including phenoxy) is 2. The van der Waals surface area contributed by atoms with Crippen molar-refractivity contribution in [1.29, 1.82) is 0 Å². The second kappa shape index (κ2) is 9.52. The van der Waals surface area contributed by atoms with E-state index in [9.17, 15) is 19.7 Å². The Balaban J connectivity index is 1.77. The molecule has 3 aromatic carbocycles. The molecule has 0 spiro atoms. The van der Waals surface area contributed by atoms with E-state index in [2.05, 4.69) is 10.4 Å². The molecule has 2 aromatic heterocycles. The van der Waals surface area contributed by atoms with Gasteiger partial charge in [-0.2, -0.15) is 9.78 Å². The van der Waals surface area contributed by atoms with Gasteiger partial charge in [0.05, 0.1) is 35.5 Å². The second-order valence-electron chi connectivity index (χ2n) is 8.28. The van der Waals surface area contributed by atoms with Gasteiger partial charge in [-0.05, 0) is 30.3 Å². The highest BCUT2D eigenvalue weighted by Crippen LogP contribution is 2.32. The molecule has 0 saturated heterocycles. The summed E-state index contributed by atoms with van der Waals surface area (Å²) in [6.07, 6.45) is 0. The van der Waals surface area contributed by atoms with Gasteiger partial charge in [-0.1, -0.05) is 29.8 Å². The van der Waals surface area contributed by atoms with E-state index in [1.54, 1.807) is 35.9 Å². The molecule has 11 nitrogen and oxygen atoms in total. The number of carbonyl (C=O) groups is 1. The highest BCUT2D eigenvalue weighted by molar-refractivity contribution is 6.32. The zero-order valence-electron chi connectivity index (χ0n) is 20.4. The van der Waals surface area contributed by atoms with Crippen LogP contribution in [0, 0.1) is 10.1 Å². The van der Waals surface area contributed by atoms with Crippen LogP contribution in [0.3, 0.4) is 0 Å². The Kier molecular flexibility index (Phi) is 6.21. The van der Waals surface area contributed by atoms with Crippen LogP contribution in [-0.4, -0.2) is 39.4 Å². The molecule has 5 rings (SSSR count). The number of hydrogen-bond acceptors (Lipinski definition) is 7. The summed E-state index contributed by atoms with van der Waals surface area (Å²) in [5.41, 5.74) is 0.573. The maximum atomic E-state index is 13.7. The molecule has 192 valence electrons. The third kappa shape index (κ3) is 3.98. The number of para-hydroxylation sites is 1. The molecule has 0 aliphatic carbocycles. The molecule has 0 radical (unpaired) electrons. The summed E-state index contributed by atoms with van der Waals surface area (Å²) in [6.45, 7) is 0. The summed E-state index contributed by atoms with van der Waals surface area (Å²) >= 11 is 6.31. The fraction of sp³-hybridized carbons (Fsp3) is 0.115. The second-order valence-corrected chi connectivity index (χ2v) is 8.69. The number of carbonyl (C=O) groups excluding carboxylic acids is 1.